The second-order valence-electron chi connectivity index (χ2n) is 9.07. The highest BCUT2D eigenvalue weighted by Gasteiger charge is 2.28. The van der Waals surface area contributed by atoms with Crippen molar-refractivity contribution in [2.45, 2.75) is 33.2 Å². The molecule has 0 aliphatic carbocycles. The summed E-state index contributed by atoms with van der Waals surface area (Å²) in [6, 6.07) is 21.4. The number of carbonyl (C=O) groups excluding carboxylic acids is 2. The van der Waals surface area contributed by atoms with Gasteiger partial charge in [0.25, 0.3) is 5.91 Å². The monoisotopic (exact) mass is 471 g/mol. The lowest BCUT2D eigenvalue weighted by Gasteiger charge is -2.37. The highest BCUT2D eigenvalue weighted by Crippen LogP contribution is 2.19. The molecule has 0 saturated carbocycles. The van der Waals surface area contributed by atoms with Crippen molar-refractivity contribution in [2.24, 2.45) is 0 Å². The topological polar surface area (TPSA) is 69.6 Å². The Morgan fingerprint density at radius 1 is 0.914 bits per heavy atom. The minimum Gasteiger partial charge on any atom is -0.352 e. The molecule has 1 aliphatic rings. The number of anilines is 1. The van der Waals surface area contributed by atoms with Crippen LogP contribution in [0.3, 0.4) is 0 Å². The van der Waals surface area contributed by atoms with Crippen LogP contribution in [0.5, 0.6) is 0 Å². The van der Waals surface area contributed by atoms with Gasteiger partial charge >= 0.3 is 0 Å². The number of aryl methyl sites for hydroxylation is 1. The maximum atomic E-state index is 13.2. The van der Waals surface area contributed by atoms with Gasteiger partial charge in [0.1, 0.15) is 6.54 Å². The zero-order chi connectivity index (χ0) is 24.8. The largest absolute Gasteiger partial charge is 0.352 e. The molecule has 0 spiro atoms. The SMILES string of the molecule is CC[C@H](C)N(CC(=O)N1CCN(c2ccc(-c3ccccc3)nn2)CC1)C(=O)c1ccc(C)cc1. The van der Waals surface area contributed by atoms with Crippen LogP contribution in [0.2, 0.25) is 0 Å². The highest BCUT2D eigenvalue weighted by atomic mass is 16.2. The molecule has 4 rings (SSSR count). The number of carbonyl (C=O) groups is 2. The molecule has 2 aromatic carbocycles. The van der Waals surface area contributed by atoms with Crippen molar-refractivity contribution >= 4 is 17.6 Å². The van der Waals surface area contributed by atoms with Gasteiger partial charge in [0, 0.05) is 43.3 Å². The van der Waals surface area contributed by atoms with E-state index < -0.39 is 0 Å². The molecule has 0 N–H and O–H groups in total. The standard InChI is InChI=1S/C28H33N5O2/c1-4-22(3)33(28(35)24-12-10-21(2)11-13-24)20-27(34)32-18-16-31(17-19-32)26-15-14-25(29-30-26)23-8-6-5-7-9-23/h5-15,22H,4,16-20H2,1-3H3/t22-/m0/s1. The van der Waals surface area contributed by atoms with Crippen LogP contribution in [-0.4, -0.2) is 70.6 Å². The van der Waals surface area contributed by atoms with Crippen LogP contribution in [0, 0.1) is 6.92 Å². The molecule has 2 amide bonds. The van der Waals surface area contributed by atoms with Crippen molar-refractivity contribution in [3.8, 4) is 11.3 Å². The zero-order valence-corrected chi connectivity index (χ0v) is 20.7. The molecule has 7 heteroatoms. The average molecular weight is 472 g/mol. The van der Waals surface area contributed by atoms with Gasteiger partial charge in [-0.15, -0.1) is 10.2 Å². The summed E-state index contributed by atoms with van der Waals surface area (Å²) in [7, 11) is 0. The molecule has 0 radical (unpaired) electrons. The molecule has 1 atom stereocenters. The second-order valence-corrected chi connectivity index (χ2v) is 9.07. The lowest BCUT2D eigenvalue weighted by atomic mass is 10.1. The van der Waals surface area contributed by atoms with Crippen LogP contribution < -0.4 is 4.90 Å². The average Bonchev–Trinajstić information content (AvgIpc) is 2.92. The summed E-state index contributed by atoms with van der Waals surface area (Å²) in [6.07, 6.45) is 0.788. The zero-order valence-electron chi connectivity index (χ0n) is 20.7. The van der Waals surface area contributed by atoms with Crippen LogP contribution in [0.4, 0.5) is 5.82 Å². The maximum absolute atomic E-state index is 13.2. The fraction of sp³-hybridized carbons (Fsp3) is 0.357. The number of amides is 2. The predicted octanol–water partition coefficient (Wildman–Crippen LogP) is 4.04. The van der Waals surface area contributed by atoms with E-state index in [-0.39, 0.29) is 24.4 Å². The van der Waals surface area contributed by atoms with Gasteiger partial charge in [0.2, 0.25) is 5.91 Å². The number of rotatable bonds is 7. The molecule has 1 aromatic heterocycles. The number of nitrogens with zero attached hydrogens (tertiary/aromatic N) is 5. The molecule has 3 aromatic rings. The van der Waals surface area contributed by atoms with E-state index in [9.17, 15) is 9.59 Å². The molecule has 0 bridgehead atoms. The summed E-state index contributed by atoms with van der Waals surface area (Å²) >= 11 is 0. The lowest BCUT2D eigenvalue weighted by molar-refractivity contribution is -0.132. The minimum atomic E-state index is -0.0971. The van der Waals surface area contributed by atoms with E-state index in [1.165, 1.54) is 0 Å². The Morgan fingerprint density at radius 3 is 2.20 bits per heavy atom. The van der Waals surface area contributed by atoms with Gasteiger partial charge in [-0.05, 0) is 44.5 Å². The third kappa shape index (κ3) is 5.85. The first-order chi connectivity index (χ1) is 17.0. The molecular weight excluding hydrogens is 438 g/mol. The summed E-state index contributed by atoms with van der Waals surface area (Å²) in [6.45, 7) is 8.66. The van der Waals surface area contributed by atoms with E-state index in [1.54, 1.807) is 4.90 Å². The predicted molar refractivity (Wildman–Crippen MR) is 138 cm³/mol. The minimum absolute atomic E-state index is 0.0177. The number of hydrogen-bond acceptors (Lipinski definition) is 5. The van der Waals surface area contributed by atoms with Crippen molar-refractivity contribution in [3.05, 3.63) is 77.9 Å². The first-order valence-electron chi connectivity index (χ1n) is 12.3. The van der Waals surface area contributed by atoms with Crippen LogP contribution in [-0.2, 0) is 4.79 Å². The first kappa shape index (κ1) is 24.4. The molecule has 0 unspecified atom stereocenters. The Bertz CT molecular complexity index is 1120. The Kier molecular flexibility index (Phi) is 7.75. The lowest BCUT2D eigenvalue weighted by Crippen LogP contribution is -2.53. The smallest absolute Gasteiger partial charge is 0.254 e. The van der Waals surface area contributed by atoms with Crippen molar-refractivity contribution < 1.29 is 9.59 Å². The Labute approximate surface area is 207 Å². The normalized spacial score (nSPS) is 14.5. The fourth-order valence-electron chi connectivity index (χ4n) is 4.20. The molecule has 35 heavy (non-hydrogen) atoms. The molecule has 2 heterocycles. The summed E-state index contributed by atoms with van der Waals surface area (Å²) in [5, 5.41) is 8.80. The van der Waals surface area contributed by atoms with Gasteiger partial charge in [-0.25, -0.2) is 0 Å². The maximum Gasteiger partial charge on any atom is 0.254 e. The summed E-state index contributed by atoms with van der Waals surface area (Å²) in [5.41, 5.74) is 3.59. The van der Waals surface area contributed by atoms with Gasteiger partial charge in [0.15, 0.2) is 5.82 Å². The van der Waals surface area contributed by atoms with Crippen LogP contribution >= 0.6 is 0 Å². The second kappa shape index (κ2) is 11.1. The first-order valence-corrected chi connectivity index (χ1v) is 12.3. The van der Waals surface area contributed by atoms with Crippen molar-refractivity contribution in [3.63, 3.8) is 0 Å². The number of hydrogen-bond donors (Lipinski definition) is 0. The van der Waals surface area contributed by atoms with Crippen molar-refractivity contribution in [2.75, 3.05) is 37.6 Å². The van der Waals surface area contributed by atoms with Gasteiger partial charge in [-0.3, -0.25) is 9.59 Å². The van der Waals surface area contributed by atoms with Crippen molar-refractivity contribution in [1.82, 2.24) is 20.0 Å². The van der Waals surface area contributed by atoms with Gasteiger partial charge in [0.05, 0.1) is 5.69 Å². The number of aromatic nitrogens is 2. The van der Waals surface area contributed by atoms with E-state index in [0.717, 1.165) is 29.1 Å². The highest BCUT2D eigenvalue weighted by molar-refractivity contribution is 5.96. The fourth-order valence-corrected chi connectivity index (χ4v) is 4.20. The summed E-state index contributed by atoms with van der Waals surface area (Å²) < 4.78 is 0. The van der Waals surface area contributed by atoms with Crippen LogP contribution in [0.1, 0.15) is 36.2 Å². The Hall–Kier alpha value is -3.74. The Morgan fingerprint density at radius 2 is 1.60 bits per heavy atom. The van der Waals surface area contributed by atoms with E-state index in [0.29, 0.717) is 31.7 Å². The molecule has 7 nitrogen and oxygen atoms in total. The van der Waals surface area contributed by atoms with Gasteiger partial charge in [-0.2, -0.15) is 0 Å². The van der Waals surface area contributed by atoms with E-state index in [1.807, 2.05) is 92.4 Å². The van der Waals surface area contributed by atoms with Gasteiger partial charge in [-0.1, -0.05) is 55.0 Å². The third-order valence-corrected chi connectivity index (χ3v) is 6.66. The molecule has 1 saturated heterocycles. The van der Waals surface area contributed by atoms with E-state index >= 15 is 0 Å². The molecule has 1 aliphatic heterocycles. The molecular formula is C28H33N5O2. The van der Waals surface area contributed by atoms with Crippen LogP contribution in [0.25, 0.3) is 11.3 Å². The molecule has 182 valence electrons. The van der Waals surface area contributed by atoms with Crippen LogP contribution in [0.15, 0.2) is 66.7 Å². The third-order valence-electron chi connectivity index (χ3n) is 6.66. The summed E-state index contributed by atoms with van der Waals surface area (Å²) in [4.78, 5) is 32.0. The molecule has 1 fully saturated rings. The van der Waals surface area contributed by atoms with Gasteiger partial charge < -0.3 is 14.7 Å². The number of piperazine rings is 1. The summed E-state index contributed by atoms with van der Waals surface area (Å²) in [5.74, 6) is 0.698. The Balaban J connectivity index is 1.36. The van der Waals surface area contributed by atoms with Crippen molar-refractivity contribution in [1.29, 1.82) is 0 Å². The van der Waals surface area contributed by atoms with E-state index in [2.05, 4.69) is 15.1 Å². The van der Waals surface area contributed by atoms with E-state index in [4.69, 9.17) is 0 Å². The number of benzene rings is 2. The quantitative estimate of drug-likeness (QED) is 0.520.